The number of non-ortho nitro benzene ring substituents is 1. The summed E-state index contributed by atoms with van der Waals surface area (Å²) in [5.74, 6) is 0.540. The molecule has 1 aromatic rings. The molecule has 0 radical (unpaired) electrons. The van der Waals surface area contributed by atoms with Crippen LogP contribution in [0.25, 0.3) is 0 Å². The largest absolute Gasteiger partial charge is 0.277 e. The first-order valence-electron chi connectivity index (χ1n) is 8.71. The molecule has 0 unspecified atom stereocenters. The van der Waals surface area contributed by atoms with Crippen molar-refractivity contribution in [3.63, 3.8) is 0 Å². The maximum Gasteiger partial charge on any atom is 0.270 e. The maximum absolute atomic E-state index is 12.9. The third-order valence-electron chi connectivity index (χ3n) is 3.95. The quantitative estimate of drug-likeness (QED) is 0.375. The molecule has 0 bridgehead atoms. The lowest BCUT2D eigenvalue weighted by molar-refractivity contribution is -0.385. The fourth-order valence-corrected chi connectivity index (χ4v) is 3.96. The Bertz CT molecular complexity index is 756. The minimum absolute atomic E-state index is 0.143. The summed E-state index contributed by atoms with van der Waals surface area (Å²) in [4.78, 5) is 10.3. The van der Waals surface area contributed by atoms with Crippen LogP contribution in [0.2, 0.25) is 0 Å². The number of nitro benzene ring substituents is 1. The van der Waals surface area contributed by atoms with Gasteiger partial charge in [-0.05, 0) is 31.7 Å². The predicted octanol–water partition coefficient (Wildman–Crippen LogP) is 3.85. The molecule has 1 N–H and O–H groups in total. The Labute approximate surface area is 155 Å². The first-order valence-corrected chi connectivity index (χ1v) is 10.1. The van der Waals surface area contributed by atoms with Gasteiger partial charge in [0.2, 0.25) is 10.0 Å². The SMILES string of the molecule is CCN(CC)S(=O)(=O)c1cc([N+](=O)[O-])ccc1NN=C(C)CCC(C)C. The van der Waals surface area contributed by atoms with Crippen LogP contribution < -0.4 is 5.43 Å². The Morgan fingerprint density at radius 3 is 2.42 bits per heavy atom. The van der Waals surface area contributed by atoms with E-state index in [-0.39, 0.29) is 29.4 Å². The van der Waals surface area contributed by atoms with E-state index < -0.39 is 14.9 Å². The number of anilines is 1. The highest BCUT2D eigenvalue weighted by molar-refractivity contribution is 7.89. The summed E-state index contributed by atoms with van der Waals surface area (Å²) in [5.41, 5.74) is 3.56. The van der Waals surface area contributed by atoms with Crippen LogP contribution in [0.15, 0.2) is 28.2 Å². The van der Waals surface area contributed by atoms with E-state index in [1.807, 2.05) is 6.92 Å². The van der Waals surface area contributed by atoms with Gasteiger partial charge >= 0.3 is 0 Å². The van der Waals surface area contributed by atoms with E-state index in [1.54, 1.807) is 13.8 Å². The summed E-state index contributed by atoms with van der Waals surface area (Å²) < 4.78 is 27.0. The van der Waals surface area contributed by atoms with Crippen molar-refractivity contribution in [2.75, 3.05) is 18.5 Å². The number of sulfonamides is 1. The van der Waals surface area contributed by atoms with Gasteiger partial charge in [-0.15, -0.1) is 0 Å². The van der Waals surface area contributed by atoms with Crippen molar-refractivity contribution in [3.05, 3.63) is 28.3 Å². The van der Waals surface area contributed by atoms with Gasteiger partial charge in [0.25, 0.3) is 5.69 Å². The van der Waals surface area contributed by atoms with E-state index in [1.165, 1.54) is 16.4 Å². The molecular formula is C17H28N4O4S. The van der Waals surface area contributed by atoms with E-state index in [0.717, 1.165) is 24.6 Å². The molecule has 0 aliphatic rings. The summed E-state index contributed by atoms with van der Waals surface area (Å²) in [5, 5.41) is 15.3. The van der Waals surface area contributed by atoms with Gasteiger partial charge in [0.15, 0.2) is 0 Å². The molecule has 1 rings (SSSR count). The van der Waals surface area contributed by atoms with E-state index in [4.69, 9.17) is 0 Å². The van der Waals surface area contributed by atoms with Crippen molar-refractivity contribution >= 4 is 27.1 Å². The van der Waals surface area contributed by atoms with E-state index in [2.05, 4.69) is 24.4 Å². The molecule has 0 saturated heterocycles. The fourth-order valence-electron chi connectivity index (χ4n) is 2.34. The summed E-state index contributed by atoms with van der Waals surface area (Å²) in [7, 11) is -3.86. The minimum Gasteiger partial charge on any atom is -0.277 e. The van der Waals surface area contributed by atoms with Gasteiger partial charge in [-0.1, -0.05) is 27.7 Å². The molecule has 0 atom stereocenters. The van der Waals surface area contributed by atoms with Crippen LogP contribution >= 0.6 is 0 Å². The Morgan fingerprint density at radius 2 is 1.92 bits per heavy atom. The van der Waals surface area contributed by atoms with Crippen molar-refractivity contribution in [1.82, 2.24) is 4.31 Å². The van der Waals surface area contributed by atoms with Crippen LogP contribution in [0.3, 0.4) is 0 Å². The molecular weight excluding hydrogens is 356 g/mol. The zero-order chi connectivity index (χ0) is 19.9. The highest BCUT2D eigenvalue weighted by Crippen LogP contribution is 2.29. The lowest BCUT2D eigenvalue weighted by atomic mass is 10.1. The molecule has 0 aliphatic carbocycles. The molecule has 26 heavy (non-hydrogen) atoms. The highest BCUT2D eigenvalue weighted by Gasteiger charge is 2.27. The van der Waals surface area contributed by atoms with Crippen LogP contribution in [-0.4, -0.2) is 36.4 Å². The average molecular weight is 385 g/mol. The lowest BCUT2D eigenvalue weighted by Crippen LogP contribution is -2.31. The first-order chi connectivity index (χ1) is 12.1. The monoisotopic (exact) mass is 384 g/mol. The topological polar surface area (TPSA) is 105 Å². The Morgan fingerprint density at radius 1 is 1.31 bits per heavy atom. The van der Waals surface area contributed by atoms with E-state index in [0.29, 0.717) is 5.92 Å². The number of nitro groups is 1. The first kappa shape index (κ1) is 22.0. The minimum atomic E-state index is -3.86. The molecule has 146 valence electrons. The molecule has 0 saturated carbocycles. The van der Waals surface area contributed by atoms with Crippen molar-refractivity contribution in [1.29, 1.82) is 0 Å². The number of hydrogen-bond donors (Lipinski definition) is 1. The van der Waals surface area contributed by atoms with Crippen LogP contribution in [0.1, 0.15) is 47.5 Å². The van der Waals surface area contributed by atoms with Crippen LogP contribution in [0.5, 0.6) is 0 Å². The van der Waals surface area contributed by atoms with Crippen LogP contribution in [0, 0.1) is 16.0 Å². The van der Waals surface area contributed by atoms with Crippen molar-refractivity contribution < 1.29 is 13.3 Å². The fraction of sp³-hybridized carbons (Fsp3) is 0.588. The van der Waals surface area contributed by atoms with Gasteiger partial charge in [-0.25, -0.2) is 8.42 Å². The second kappa shape index (κ2) is 9.63. The molecule has 1 aromatic carbocycles. The zero-order valence-electron chi connectivity index (χ0n) is 16.0. The molecule has 0 amide bonds. The molecule has 0 aromatic heterocycles. The standard InChI is InChI=1S/C17H28N4O4S/c1-6-20(7-2)26(24,25)17-12-15(21(22)23)10-11-16(17)19-18-14(5)9-8-13(3)4/h10-13,19H,6-9H2,1-5H3. The Hall–Kier alpha value is -2.00. The van der Waals surface area contributed by atoms with E-state index >= 15 is 0 Å². The van der Waals surface area contributed by atoms with Gasteiger partial charge < -0.3 is 0 Å². The molecule has 0 aliphatic heterocycles. The average Bonchev–Trinajstić information content (AvgIpc) is 2.58. The lowest BCUT2D eigenvalue weighted by Gasteiger charge is -2.20. The third kappa shape index (κ3) is 5.77. The summed E-state index contributed by atoms with van der Waals surface area (Å²) in [6.07, 6.45) is 1.76. The highest BCUT2D eigenvalue weighted by atomic mass is 32.2. The smallest absolute Gasteiger partial charge is 0.270 e. The summed E-state index contributed by atoms with van der Waals surface area (Å²) >= 11 is 0. The normalized spacial score (nSPS) is 12.7. The number of hydrazone groups is 1. The van der Waals surface area contributed by atoms with Crippen molar-refractivity contribution in [2.24, 2.45) is 11.0 Å². The second-order valence-electron chi connectivity index (χ2n) is 6.42. The maximum atomic E-state index is 12.9. The Kier molecular flexibility index (Phi) is 8.16. The number of nitrogens with one attached hydrogen (secondary N) is 1. The van der Waals surface area contributed by atoms with Gasteiger partial charge in [0.1, 0.15) is 4.90 Å². The zero-order valence-corrected chi connectivity index (χ0v) is 16.8. The van der Waals surface area contributed by atoms with Gasteiger partial charge in [0, 0.05) is 30.9 Å². The molecule has 9 heteroatoms. The van der Waals surface area contributed by atoms with E-state index in [9.17, 15) is 18.5 Å². The van der Waals surface area contributed by atoms with Gasteiger partial charge in [0.05, 0.1) is 10.6 Å². The molecule has 8 nitrogen and oxygen atoms in total. The van der Waals surface area contributed by atoms with Gasteiger partial charge in [-0.3, -0.25) is 15.5 Å². The van der Waals surface area contributed by atoms with Crippen LogP contribution in [-0.2, 0) is 10.0 Å². The molecule has 0 spiro atoms. The number of benzene rings is 1. The Balaban J connectivity index is 3.27. The summed E-state index contributed by atoms with van der Waals surface area (Å²) in [6, 6.07) is 3.73. The number of hydrogen-bond acceptors (Lipinski definition) is 6. The number of nitrogens with zero attached hydrogens (tertiary/aromatic N) is 3. The van der Waals surface area contributed by atoms with Crippen molar-refractivity contribution in [3.8, 4) is 0 Å². The third-order valence-corrected chi connectivity index (χ3v) is 6.04. The van der Waals surface area contributed by atoms with Crippen LogP contribution in [0.4, 0.5) is 11.4 Å². The predicted molar refractivity (Wildman–Crippen MR) is 104 cm³/mol. The van der Waals surface area contributed by atoms with Gasteiger partial charge in [-0.2, -0.15) is 9.41 Å². The molecule has 0 fully saturated rings. The number of rotatable bonds is 10. The van der Waals surface area contributed by atoms with Crippen molar-refractivity contribution in [2.45, 2.75) is 52.4 Å². The summed E-state index contributed by atoms with van der Waals surface area (Å²) in [6.45, 7) is 10.1. The molecule has 0 heterocycles. The second-order valence-corrected chi connectivity index (χ2v) is 8.32.